The van der Waals surface area contributed by atoms with Crippen molar-refractivity contribution >= 4 is 17.3 Å². The summed E-state index contributed by atoms with van der Waals surface area (Å²) >= 11 is 0. The monoisotopic (exact) mass is 418 g/mol. The molecular weight excluding hydrogens is 391 g/mol. The van der Waals surface area contributed by atoms with Gasteiger partial charge in [-0.05, 0) is 31.2 Å². The number of nitro groups is 1. The molecule has 2 aromatic rings. The van der Waals surface area contributed by atoms with E-state index in [4.69, 9.17) is 4.74 Å². The van der Waals surface area contributed by atoms with Crippen molar-refractivity contribution in [1.82, 2.24) is 0 Å². The minimum absolute atomic E-state index is 0.119. The number of nitrogens with zero attached hydrogens (tertiary/aromatic N) is 1. The van der Waals surface area contributed by atoms with Crippen molar-refractivity contribution in [2.24, 2.45) is 0 Å². The topological polar surface area (TPSA) is 90.4 Å². The zero-order valence-electron chi connectivity index (χ0n) is 17.1. The second kappa shape index (κ2) is 9.64. The Bertz CT molecular complexity index is 916. The Kier molecular flexibility index (Phi) is 6.96. The Morgan fingerprint density at radius 3 is 2.60 bits per heavy atom. The highest BCUT2D eigenvalue weighted by Gasteiger charge is 2.32. The number of hydrogen-bond acceptors (Lipinski definition) is 4. The normalized spacial score (nSPS) is 19.7. The molecule has 0 saturated carbocycles. The van der Waals surface area contributed by atoms with Gasteiger partial charge in [-0.15, -0.1) is 0 Å². The minimum Gasteiger partial charge on any atom is -0.496 e. The molecular formula is C21H27FN4O4+2. The third kappa shape index (κ3) is 5.11. The Morgan fingerprint density at radius 1 is 1.23 bits per heavy atom. The quantitative estimate of drug-likeness (QED) is 0.438. The second-order valence-corrected chi connectivity index (χ2v) is 7.53. The number of piperazine rings is 1. The average Bonchev–Trinajstić information content (AvgIpc) is 2.74. The van der Waals surface area contributed by atoms with Crippen molar-refractivity contribution < 1.29 is 28.6 Å². The van der Waals surface area contributed by atoms with Crippen LogP contribution in [0.15, 0.2) is 42.5 Å². The fourth-order valence-corrected chi connectivity index (χ4v) is 3.85. The van der Waals surface area contributed by atoms with E-state index in [0.717, 1.165) is 36.6 Å². The maximum absolute atomic E-state index is 13.6. The van der Waals surface area contributed by atoms with E-state index in [1.807, 2.05) is 6.92 Å². The van der Waals surface area contributed by atoms with Gasteiger partial charge in [-0.2, -0.15) is 0 Å². The predicted molar refractivity (Wildman–Crippen MR) is 109 cm³/mol. The molecule has 3 rings (SSSR count). The van der Waals surface area contributed by atoms with E-state index in [9.17, 15) is 19.3 Å². The highest BCUT2D eigenvalue weighted by atomic mass is 19.1. The minimum atomic E-state index is -0.504. The Morgan fingerprint density at radius 2 is 1.93 bits per heavy atom. The molecule has 1 atom stereocenters. The van der Waals surface area contributed by atoms with Crippen molar-refractivity contribution in [1.29, 1.82) is 0 Å². The van der Waals surface area contributed by atoms with Crippen LogP contribution in [0, 0.1) is 15.9 Å². The molecule has 0 bridgehead atoms. The molecule has 160 valence electrons. The number of para-hydroxylation sites is 2. The molecule has 1 amide bonds. The number of ether oxygens (including phenoxy) is 1. The van der Waals surface area contributed by atoms with Crippen LogP contribution < -0.4 is 19.9 Å². The predicted octanol–water partition coefficient (Wildman–Crippen LogP) is 0.0531. The number of carbonyl (C=O) groups is 1. The number of carbonyl (C=O) groups excluding carboxylic acids is 1. The summed E-state index contributed by atoms with van der Waals surface area (Å²) in [6, 6.07) is 10.3. The first-order chi connectivity index (χ1) is 14.4. The molecule has 0 radical (unpaired) electrons. The third-order valence-corrected chi connectivity index (χ3v) is 5.65. The van der Waals surface area contributed by atoms with Crippen LogP contribution in [0.1, 0.15) is 12.5 Å². The number of anilines is 1. The Hall–Kier alpha value is -3.04. The number of benzene rings is 2. The zero-order chi connectivity index (χ0) is 21.7. The van der Waals surface area contributed by atoms with Crippen LogP contribution in [0.25, 0.3) is 0 Å². The van der Waals surface area contributed by atoms with E-state index >= 15 is 0 Å². The molecule has 0 aromatic heterocycles. The summed E-state index contributed by atoms with van der Waals surface area (Å²) in [4.78, 5) is 25.7. The van der Waals surface area contributed by atoms with Gasteiger partial charge in [0.15, 0.2) is 6.04 Å². The van der Waals surface area contributed by atoms with Crippen LogP contribution in [-0.2, 0) is 11.3 Å². The largest absolute Gasteiger partial charge is 0.496 e. The SMILES string of the molecule is COc1ccc(F)cc1C[NH+]1CC[NH+]([C@H](C)C(=O)Nc2ccccc2[N+](=O)[O-])CC1. The van der Waals surface area contributed by atoms with Crippen LogP contribution >= 0.6 is 0 Å². The van der Waals surface area contributed by atoms with Crippen LogP contribution in [0.3, 0.4) is 0 Å². The van der Waals surface area contributed by atoms with Gasteiger partial charge in [0.1, 0.15) is 50.0 Å². The van der Waals surface area contributed by atoms with Gasteiger partial charge in [-0.3, -0.25) is 14.9 Å². The lowest BCUT2D eigenvalue weighted by atomic mass is 10.1. The first-order valence-corrected chi connectivity index (χ1v) is 9.94. The van der Waals surface area contributed by atoms with Crippen molar-refractivity contribution in [3.63, 3.8) is 0 Å². The van der Waals surface area contributed by atoms with Gasteiger partial charge in [0.2, 0.25) is 0 Å². The maximum atomic E-state index is 13.6. The van der Waals surface area contributed by atoms with Gasteiger partial charge in [0, 0.05) is 6.07 Å². The number of halogens is 1. The standard InChI is InChI=1S/C21H25FN4O4/c1-15(21(27)23-18-5-3-4-6-19(18)26(28)29)25-11-9-24(10-12-25)14-16-13-17(22)7-8-20(16)30-2/h3-8,13,15H,9-12,14H2,1-2H3,(H,23,27)/p+2/t15-/m1/s1. The van der Waals surface area contributed by atoms with E-state index in [2.05, 4.69) is 5.32 Å². The van der Waals surface area contributed by atoms with Crippen LogP contribution in [0.5, 0.6) is 5.75 Å². The van der Waals surface area contributed by atoms with Crippen molar-refractivity contribution in [2.75, 3.05) is 38.6 Å². The molecule has 30 heavy (non-hydrogen) atoms. The van der Waals surface area contributed by atoms with Gasteiger partial charge in [0.05, 0.1) is 17.6 Å². The van der Waals surface area contributed by atoms with E-state index in [0.29, 0.717) is 12.3 Å². The molecule has 0 unspecified atom stereocenters. The molecule has 8 nitrogen and oxygen atoms in total. The lowest BCUT2D eigenvalue weighted by Gasteiger charge is -2.32. The van der Waals surface area contributed by atoms with Gasteiger partial charge in [0.25, 0.3) is 11.6 Å². The van der Waals surface area contributed by atoms with E-state index in [1.165, 1.54) is 29.2 Å². The Balaban J connectivity index is 1.56. The summed E-state index contributed by atoms with van der Waals surface area (Å²) in [5.74, 6) is 0.153. The van der Waals surface area contributed by atoms with Crippen molar-refractivity contribution in [2.45, 2.75) is 19.5 Å². The summed E-state index contributed by atoms with van der Waals surface area (Å²) in [5.41, 5.74) is 0.922. The summed E-state index contributed by atoms with van der Waals surface area (Å²) in [5, 5.41) is 13.8. The van der Waals surface area contributed by atoms with Crippen LogP contribution in [-0.4, -0.2) is 50.2 Å². The molecule has 9 heteroatoms. The molecule has 0 spiro atoms. The Labute approximate surface area is 174 Å². The highest BCUT2D eigenvalue weighted by molar-refractivity contribution is 5.95. The molecule has 1 fully saturated rings. The van der Waals surface area contributed by atoms with Gasteiger partial charge in [-0.1, -0.05) is 12.1 Å². The molecule has 1 aliphatic rings. The van der Waals surface area contributed by atoms with Crippen LogP contribution in [0.2, 0.25) is 0 Å². The molecule has 3 N–H and O–H groups in total. The number of rotatable bonds is 7. The first kappa shape index (κ1) is 21.7. The van der Waals surface area contributed by atoms with Gasteiger partial charge < -0.3 is 19.9 Å². The van der Waals surface area contributed by atoms with E-state index in [1.54, 1.807) is 25.3 Å². The number of nitrogens with one attached hydrogen (secondary N) is 3. The van der Waals surface area contributed by atoms with Gasteiger partial charge >= 0.3 is 0 Å². The number of methoxy groups -OCH3 is 1. The number of amides is 1. The second-order valence-electron chi connectivity index (χ2n) is 7.53. The molecule has 1 heterocycles. The van der Waals surface area contributed by atoms with Crippen molar-refractivity contribution in [3.8, 4) is 5.75 Å². The average molecular weight is 418 g/mol. The smallest absolute Gasteiger partial charge is 0.292 e. The highest BCUT2D eigenvalue weighted by Crippen LogP contribution is 2.23. The van der Waals surface area contributed by atoms with E-state index < -0.39 is 4.92 Å². The lowest BCUT2D eigenvalue weighted by molar-refractivity contribution is -1.02. The number of hydrogen-bond donors (Lipinski definition) is 3. The summed E-state index contributed by atoms with van der Waals surface area (Å²) in [6.07, 6.45) is 0. The molecule has 0 aliphatic carbocycles. The zero-order valence-corrected chi connectivity index (χ0v) is 17.1. The molecule has 1 saturated heterocycles. The first-order valence-electron chi connectivity index (χ1n) is 9.94. The van der Waals surface area contributed by atoms with Crippen LogP contribution in [0.4, 0.5) is 15.8 Å². The maximum Gasteiger partial charge on any atom is 0.292 e. The lowest BCUT2D eigenvalue weighted by Crippen LogP contribution is -3.29. The molecule has 1 aliphatic heterocycles. The summed E-state index contributed by atoms with van der Waals surface area (Å²) in [7, 11) is 1.57. The summed E-state index contributed by atoms with van der Waals surface area (Å²) in [6.45, 7) is 5.71. The molecule has 2 aromatic carbocycles. The number of nitro benzene ring substituents is 1. The van der Waals surface area contributed by atoms with Crippen molar-refractivity contribution in [3.05, 3.63) is 64.0 Å². The third-order valence-electron chi connectivity index (χ3n) is 5.65. The number of quaternary nitrogens is 2. The fourth-order valence-electron chi connectivity index (χ4n) is 3.85. The van der Waals surface area contributed by atoms with Gasteiger partial charge in [-0.25, -0.2) is 4.39 Å². The summed E-state index contributed by atoms with van der Waals surface area (Å²) < 4.78 is 18.9. The van der Waals surface area contributed by atoms with E-state index in [-0.39, 0.29) is 29.1 Å². The fraction of sp³-hybridized carbons (Fsp3) is 0.381.